The molecule has 1 saturated heterocycles. The van der Waals surface area contributed by atoms with Gasteiger partial charge in [0.1, 0.15) is 6.04 Å². The van der Waals surface area contributed by atoms with Gasteiger partial charge in [0.25, 0.3) is 0 Å². The minimum Gasteiger partial charge on any atom is -0.345 e. The molecule has 0 aliphatic carbocycles. The molecule has 1 unspecified atom stereocenters. The van der Waals surface area contributed by atoms with Gasteiger partial charge in [0.15, 0.2) is 0 Å². The molecule has 0 spiro atoms. The van der Waals surface area contributed by atoms with E-state index in [0.29, 0.717) is 13.0 Å². The summed E-state index contributed by atoms with van der Waals surface area (Å²) < 4.78 is 0. The third-order valence-corrected chi connectivity index (χ3v) is 3.69. The zero-order valence-corrected chi connectivity index (χ0v) is 12.0. The maximum Gasteiger partial charge on any atom is 0.243 e. The number of rotatable bonds is 6. The summed E-state index contributed by atoms with van der Waals surface area (Å²) in [4.78, 5) is 25.9. The second kappa shape index (κ2) is 7.08. The van der Waals surface area contributed by atoms with E-state index in [1.54, 1.807) is 4.90 Å². The molecule has 1 aliphatic rings. The Balaban J connectivity index is 2.07. The molecule has 1 fully saturated rings. The van der Waals surface area contributed by atoms with Gasteiger partial charge in [-0.1, -0.05) is 50.1 Å². The first-order valence-corrected chi connectivity index (χ1v) is 7.33. The smallest absolute Gasteiger partial charge is 0.243 e. The predicted octanol–water partition coefficient (Wildman–Crippen LogP) is 1.75. The van der Waals surface area contributed by atoms with Gasteiger partial charge in [-0.3, -0.25) is 9.59 Å². The lowest BCUT2D eigenvalue weighted by atomic mass is 10.0. The number of hydrogen-bond acceptors (Lipinski definition) is 2. The number of nitrogens with zero attached hydrogens (tertiary/aromatic N) is 1. The average Bonchev–Trinajstić information content (AvgIpc) is 2.47. The van der Waals surface area contributed by atoms with Crippen molar-refractivity contribution in [3.63, 3.8) is 0 Å². The lowest BCUT2D eigenvalue weighted by Gasteiger charge is -2.35. The second-order valence-corrected chi connectivity index (χ2v) is 5.22. The van der Waals surface area contributed by atoms with Gasteiger partial charge in [0, 0.05) is 13.0 Å². The molecule has 4 nitrogen and oxygen atoms in total. The summed E-state index contributed by atoms with van der Waals surface area (Å²) in [6, 6.07) is 9.50. The Morgan fingerprint density at radius 3 is 2.65 bits per heavy atom. The lowest BCUT2D eigenvalue weighted by Crippen LogP contribution is -2.59. The highest BCUT2D eigenvalue weighted by molar-refractivity contribution is 5.95. The van der Waals surface area contributed by atoms with Gasteiger partial charge in [-0.2, -0.15) is 0 Å². The molecule has 4 heteroatoms. The number of unbranched alkanes of at least 4 members (excludes halogenated alkanes) is 2. The van der Waals surface area contributed by atoms with Crippen LogP contribution in [-0.4, -0.2) is 35.8 Å². The normalized spacial score (nSPS) is 19.1. The van der Waals surface area contributed by atoms with Gasteiger partial charge in [-0.05, 0) is 12.0 Å². The summed E-state index contributed by atoms with van der Waals surface area (Å²) >= 11 is 0. The van der Waals surface area contributed by atoms with E-state index in [1.165, 1.54) is 0 Å². The van der Waals surface area contributed by atoms with Crippen LogP contribution in [0.4, 0.5) is 0 Å². The molecule has 20 heavy (non-hydrogen) atoms. The van der Waals surface area contributed by atoms with Crippen LogP contribution < -0.4 is 5.32 Å². The third-order valence-electron chi connectivity index (χ3n) is 3.69. The number of hydrogen-bond donors (Lipinski definition) is 1. The molecule has 0 bridgehead atoms. The van der Waals surface area contributed by atoms with E-state index in [-0.39, 0.29) is 24.4 Å². The van der Waals surface area contributed by atoms with E-state index in [9.17, 15) is 9.59 Å². The fourth-order valence-electron chi connectivity index (χ4n) is 2.55. The van der Waals surface area contributed by atoms with Crippen LogP contribution >= 0.6 is 0 Å². The van der Waals surface area contributed by atoms with Gasteiger partial charge in [-0.15, -0.1) is 0 Å². The molecular weight excluding hydrogens is 252 g/mol. The molecule has 0 radical (unpaired) electrons. The molecule has 1 aliphatic heterocycles. The zero-order valence-electron chi connectivity index (χ0n) is 12.0. The molecule has 1 aromatic rings. The average molecular weight is 274 g/mol. The predicted molar refractivity (Wildman–Crippen MR) is 78.2 cm³/mol. The van der Waals surface area contributed by atoms with Crippen molar-refractivity contribution >= 4 is 11.8 Å². The van der Waals surface area contributed by atoms with Gasteiger partial charge in [-0.25, -0.2) is 0 Å². The van der Waals surface area contributed by atoms with Crippen LogP contribution in [0.2, 0.25) is 0 Å². The first kappa shape index (κ1) is 14.6. The van der Waals surface area contributed by atoms with Gasteiger partial charge in [0.2, 0.25) is 11.8 Å². The number of benzene rings is 1. The SMILES string of the molecule is CCCCCN1C(=O)CNC(=O)C1Cc1ccccc1. The zero-order chi connectivity index (χ0) is 14.4. The summed E-state index contributed by atoms with van der Waals surface area (Å²) in [5, 5.41) is 2.69. The Morgan fingerprint density at radius 2 is 1.95 bits per heavy atom. The maximum absolute atomic E-state index is 12.1. The van der Waals surface area contributed by atoms with Gasteiger partial charge in [0.05, 0.1) is 6.54 Å². The van der Waals surface area contributed by atoms with Crippen molar-refractivity contribution in [2.45, 2.75) is 38.6 Å². The molecule has 108 valence electrons. The molecule has 0 aromatic heterocycles. The molecule has 2 rings (SSSR count). The Hall–Kier alpha value is -1.84. The van der Waals surface area contributed by atoms with E-state index >= 15 is 0 Å². The molecule has 2 amide bonds. The molecule has 0 saturated carbocycles. The fraction of sp³-hybridized carbons (Fsp3) is 0.500. The number of carbonyl (C=O) groups excluding carboxylic acids is 2. The Bertz CT molecular complexity index is 459. The van der Waals surface area contributed by atoms with Crippen molar-refractivity contribution in [2.24, 2.45) is 0 Å². The first-order valence-electron chi connectivity index (χ1n) is 7.33. The van der Waals surface area contributed by atoms with Crippen molar-refractivity contribution in [3.05, 3.63) is 35.9 Å². The summed E-state index contributed by atoms with van der Waals surface area (Å²) in [5.74, 6) is -0.00779. The highest BCUT2D eigenvalue weighted by Gasteiger charge is 2.33. The Labute approximate surface area is 120 Å². The lowest BCUT2D eigenvalue weighted by molar-refractivity contribution is -0.145. The van der Waals surface area contributed by atoms with Crippen molar-refractivity contribution in [1.29, 1.82) is 0 Å². The number of piperazine rings is 1. The van der Waals surface area contributed by atoms with E-state index in [0.717, 1.165) is 24.8 Å². The molecule has 1 N–H and O–H groups in total. The summed E-state index contributed by atoms with van der Waals surface area (Å²) in [6.45, 7) is 2.94. The van der Waals surface area contributed by atoms with Gasteiger partial charge >= 0.3 is 0 Å². The number of amides is 2. The molecular formula is C16H22N2O2. The quantitative estimate of drug-likeness (QED) is 0.803. The fourth-order valence-corrected chi connectivity index (χ4v) is 2.55. The van der Waals surface area contributed by atoms with Crippen LogP contribution in [0.5, 0.6) is 0 Å². The van der Waals surface area contributed by atoms with E-state index in [2.05, 4.69) is 12.2 Å². The highest BCUT2D eigenvalue weighted by atomic mass is 16.2. The van der Waals surface area contributed by atoms with Crippen LogP contribution in [0.15, 0.2) is 30.3 Å². The molecule has 1 heterocycles. The van der Waals surface area contributed by atoms with E-state index in [1.807, 2.05) is 30.3 Å². The van der Waals surface area contributed by atoms with Crippen LogP contribution in [-0.2, 0) is 16.0 Å². The van der Waals surface area contributed by atoms with Crippen molar-refractivity contribution in [3.8, 4) is 0 Å². The Kier molecular flexibility index (Phi) is 5.16. The largest absolute Gasteiger partial charge is 0.345 e. The minimum atomic E-state index is -0.365. The highest BCUT2D eigenvalue weighted by Crippen LogP contribution is 2.14. The van der Waals surface area contributed by atoms with Crippen LogP contribution in [0.1, 0.15) is 31.7 Å². The van der Waals surface area contributed by atoms with E-state index in [4.69, 9.17) is 0 Å². The number of carbonyl (C=O) groups is 2. The van der Waals surface area contributed by atoms with Crippen LogP contribution in [0.25, 0.3) is 0 Å². The van der Waals surface area contributed by atoms with Gasteiger partial charge < -0.3 is 10.2 Å². The summed E-state index contributed by atoms with van der Waals surface area (Å²) in [5.41, 5.74) is 1.09. The first-order chi connectivity index (χ1) is 9.72. The van der Waals surface area contributed by atoms with Crippen LogP contribution in [0.3, 0.4) is 0 Å². The standard InChI is InChI=1S/C16H22N2O2/c1-2-3-7-10-18-14(16(20)17-12-15(18)19)11-13-8-5-4-6-9-13/h4-6,8-9,14H,2-3,7,10-12H2,1H3,(H,17,20). The monoisotopic (exact) mass is 274 g/mol. The van der Waals surface area contributed by atoms with Crippen molar-refractivity contribution in [1.82, 2.24) is 10.2 Å². The Morgan fingerprint density at radius 1 is 1.20 bits per heavy atom. The number of nitrogens with one attached hydrogen (secondary N) is 1. The molecule has 1 aromatic carbocycles. The second-order valence-electron chi connectivity index (χ2n) is 5.22. The maximum atomic E-state index is 12.1. The topological polar surface area (TPSA) is 49.4 Å². The van der Waals surface area contributed by atoms with E-state index < -0.39 is 0 Å². The van der Waals surface area contributed by atoms with Crippen molar-refractivity contribution < 1.29 is 9.59 Å². The van der Waals surface area contributed by atoms with Crippen LogP contribution in [0, 0.1) is 0 Å². The summed E-state index contributed by atoms with van der Waals surface area (Å²) in [6.07, 6.45) is 3.74. The third kappa shape index (κ3) is 3.59. The summed E-state index contributed by atoms with van der Waals surface area (Å²) in [7, 11) is 0. The molecule has 1 atom stereocenters. The van der Waals surface area contributed by atoms with Crippen molar-refractivity contribution in [2.75, 3.05) is 13.1 Å². The minimum absolute atomic E-state index is 0.0293.